The largest absolute Gasteiger partial charge is 0.302 e. The molecule has 1 saturated heterocycles. The maximum Gasteiger partial charge on any atom is 0.0263 e. The van der Waals surface area contributed by atoms with Crippen molar-refractivity contribution in [3.63, 3.8) is 0 Å². The van der Waals surface area contributed by atoms with Crippen molar-refractivity contribution in [1.29, 1.82) is 0 Å². The molecular formula is C16H23NS. The van der Waals surface area contributed by atoms with Crippen molar-refractivity contribution in [2.75, 3.05) is 19.6 Å². The van der Waals surface area contributed by atoms with Crippen LogP contribution in [0.5, 0.6) is 0 Å². The van der Waals surface area contributed by atoms with Crippen LogP contribution in [0.2, 0.25) is 0 Å². The van der Waals surface area contributed by atoms with E-state index < -0.39 is 0 Å². The molecule has 1 aromatic rings. The summed E-state index contributed by atoms with van der Waals surface area (Å²) in [5.74, 6) is 0.951. The zero-order valence-corrected chi connectivity index (χ0v) is 12.1. The molecule has 0 aliphatic carbocycles. The van der Waals surface area contributed by atoms with Crippen LogP contribution in [0.1, 0.15) is 31.7 Å². The Morgan fingerprint density at radius 3 is 3.06 bits per heavy atom. The van der Waals surface area contributed by atoms with Gasteiger partial charge in [-0.2, -0.15) is 0 Å². The Bertz CT molecular complexity index is 379. The summed E-state index contributed by atoms with van der Waals surface area (Å²) in [6, 6.07) is 8.93. The predicted octanol–water partition coefficient (Wildman–Crippen LogP) is 3.83. The molecule has 0 spiro atoms. The van der Waals surface area contributed by atoms with Gasteiger partial charge in [0.05, 0.1) is 0 Å². The third kappa shape index (κ3) is 2.75. The van der Waals surface area contributed by atoms with Crippen LogP contribution in [0.4, 0.5) is 0 Å². The molecule has 98 valence electrons. The Balaban J connectivity index is 1.56. The number of nitrogens with zero attached hydrogens (tertiary/aromatic N) is 1. The van der Waals surface area contributed by atoms with Gasteiger partial charge in [-0.1, -0.05) is 31.5 Å². The molecule has 2 aliphatic heterocycles. The zero-order chi connectivity index (χ0) is 12.4. The molecule has 3 rings (SSSR count). The van der Waals surface area contributed by atoms with Gasteiger partial charge in [-0.3, -0.25) is 0 Å². The van der Waals surface area contributed by atoms with Gasteiger partial charge < -0.3 is 4.90 Å². The van der Waals surface area contributed by atoms with Crippen molar-refractivity contribution in [2.24, 2.45) is 5.92 Å². The van der Waals surface area contributed by atoms with E-state index in [9.17, 15) is 0 Å². The maximum atomic E-state index is 2.71. The number of fused-ring (bicyclic) bond motifs is 1. The molecule has 0 saturated carbocycles. The molecular weight excluding hydrogens is 238 g/mol. The first-order chi connectivity index (χ1) is 8.85. The van der Waals surface area contributed by atoms with Crippen LogP contribution in [-0.4, -0.2) is 29.8 Å². The highest BCUT2D eigenvalue weighted by Gasteiger charge is 2.26. The molecule has 18 heavy (non-hydrogen) atoms. The molecule has 0 radical (unpaired) electrons. The van der Waals surface area contributed by atoms with E-state index in [1.165, 1.54) is 50.2 Å². The minimum atomic E-state index is 0.790. The van der Waals surface area contributed by atoms with E-state index in [0.717, 1.165) is 11.2 Å². The van der Waals surface area contributed by atoms with Crippen molar-refractivity contribution >= 4 is 11.8 Å². The summed E-state index contributed by atoms with van der Waals surface area (Å²) < 4.78 is 0. The fourth-order valence-corrected chi connectivity index (χ4v) is 4.66. The maximum absolute atomic E-state index is 2.71. The van der Waals surface area contributed by atoms with Crippen LogP contribution in [0.25, 0.3) is 0 Å². The quantitative estimate of drug-likeness (QED) is 0.813. The van der Waals surface area contributed by atoms with Crippen LogP contribution >= 0.6 is 11.8 Å². The predicted molar refractivity (Wildman–Crippen MR) is 79.2 cm³/mol. The van der Waals surface area contributed by atoms with Crippen molar-refractivity contribution in [3.05, 3.63) is 29.8 Å². The SMILES string of the molecule is CCC1CCCN(CC2Cc3ccccc3S2)C1. The van der Waals surface area contributed by atoms with Crippen molar-refractivity contribution in [2.45, 2.75) is 42.8 Å². The first-order valence-corrected chi connectivity index (χ1v) is 8.20. The highest BCUT2D eigenvalue weighted by Crippen LogP contribution is 2.37. The van der Waals surface area contributed by atoms with E-state index in [-0.39, 0.29) is 0 Å². The van der Waals surface area contributed by atoms with Crippen LogP contribution in [-0.2, 0) is 6.42 Å². The number of benzene rings is 1. The Kier molecular flexibility index (Phi) is 3.95. The fourth-order valence-electron chi connectivity index (χ4n) is 3.29. The lowest BCUT2D eigenvalue weighted by Crippen LogP contribution is -2.39. The Morgan fingerprint density at radius 1 is 1.33 bits per heavy atom. The van der Waals surface area contributed by atoms with Gasteiger partial charge in [0.25, 0.3) is 0 Å². The number of hydrogen-bond acceptors (Lipinski definition) is 2. The third-order valence-corrected chi connectivity index (χ3v) is 5.66. The average Bonchev–Trinajstić information content (AvgIpc) is 2.81. The third-order valence-electron chi connectivity index (χ3n) is 4.36. The molecule has 2 heteroatoms. The van der Waals surface area contributed by atoms with E-state index in [1.54, 1.807) is 5.56 Å². The second-order valence-corrected chi connectivity index (χ2v) is 7.07. The summed E-state index contributed by atoms with van der Waals surface area (Å²) in [5.41, 5.74) is 1.57. The van der Waals surface area contributed by atoms with Crippen LogP contribution in [0.15, 0.2) is 29.2 Å². The lowest BCUT2D eigenvalue weighted by atomic mass is 9.95. The second kappa shape index (κ2) is 5.66. The van der Waals surface area contributed by atoms with Gasteiger partial charge in [0.2, 0.25) is 0 Å². The molecule has 2 atom stereocenters. The van der Waals surface area contributed by atoms with E-state index in [2.05, 4.69) is 47.9 Å². The van der Waals surface area contributed by atoms with Crippen LogP contribution < -0.4 is 0 Å². The van der Waals surface area contributed by atoms with Crippen molar-refractivity contribution in [3.8, 4) is 0 Å². The summed E-state index contributed by atoms with van der Waals surface area (Å²) in [5, 5.41) is 0.790. The molecule has 0 N–H and O–H groups in total. The molecule has 1 nitrogen and oxygen atoms in total. The smallest absolute Gasteiger partial charge is 0.0263 e. The van der Waals surface area contributed by atoms with Gasteiger partial charge in [-0.05, 0) is 43.4 Å². The van der Waals surface area contributed by atoms with Crippen molar-refractivity contribution in [1.82, 2.24) is 4.90 Å². The fraction of sp³-hybridized carbons (Fsp3) is 0.625. The van der Waals surface area contributed by atoms with Gasteiger partial charge in [-0.15, -0.1) is 11.8 Å². The highest BCUT2D eigenvalue weighted by atomic mass is 32.2. The molecule has 2 unspecified atom stereocenters. The number of likely N-dealkylation sites (tertiary alicyclic amines) is 1. The lowest BCUT2D eigenvalue weighted by Gasteiger charge is -2.33. The normalized spacial score (nSPS) is 28.3. The standard InChI is InChI=1S/C16H23NS/c1-2-13-6-5-9-17(11-13)12-15-10-14-7-3-4-8-16(14)18-15/h3-4,7-8,13,15H,2,5-6,9-12H2,1H3. The summed E-state index contributed by atoms with van der Waals surface area (Å²) in [6.07, 6.45) is 5.48. The first kappa shape index (κ1) is 12.6. The number of hydrogen-bond donors (Lipinski definition) is 0. The Hall–Kier alpha value is -0.470. The summed E-state index contributed by atoms with van der Waals surface area (Å²) in [7, 11) is 0. The molecule has 0 bridgehead atoms. The minimum absolute atomic E-state index is 0.790. The van der Waals surface area contributed by atoms with E-state index in [4.69, 9.17) is 0 Å². The summed E-state index contributed by atoms with van der Waals surface area (Å²) in [6.45, 7) is 6.29. The topological polar surface area (TPSA) is 3.24 Å². The van der Waals surface area contributed by atoms with E-state index in [1.807, 2.05) is 0 Å². The number of thioether (sulfide) groups is 1. The molecule has 0 amide bonds. The zero-order valence-electron chi connectivity index (χ0n) is 11.3. The molecule has 1 fully saturated rings. The monoisotopic (exact) mass is 261 g/mol. The summed E-state index contributed by atoms with van der Waals surface area (Å²) in [4.78, 5) is 4.23. The number of piperidine rings is 1. The van der Waals surface area contributed by atoms with Crippen LogP contribution in [0, 0.1) is 5.92 Å². The average molecular weight is 261 g/mol. The van der Waals surface area contributed by atoms with Gasteiger partial charge in [0.1, 0.15) is 0 Å². The molecule has 1 aromatic carbocycles. The van der Waals surface area contributed by atoms with Gasteiger partial charge >= 0.3 is 0 Å². The second-order valence-electron chi connectivity index (χ2n) is 5.73. The minimum Gasteiger partial charge on any atom is -0.302 e. The van der Waals surface area contributed by atoms with Crippen LogP contribution in [0.3, 0.4) is 0 Å². The molecule has 0 aromatic heterocycles. The van der Waals surface area contributed by atoms with E-state index in [0.29, 0.717) is 0 Å². The molecule has 2 heterocycles. The van der Waals surface area contributed by atoms with Crippen molar-refractivity contribution < 1.29 is 0 Å². The van der Waals surface area contributed by atoms with Gasteiger partial charge in [0, 0.05) is 23.2 Å². The Morgan fingerprint density at radius 2 is 2.22 bits per heavy atom. The van der Waals surface area contributed by atoms with Gasteiger partial charge in [-0.25, -0.2) is 0 Å². The first-order valence-electron chi connectivity index (χ1n) is 7.32. The van der Waals surface area contributed by atoms with E-state index >= 15 is 0 Å². The molecule has 2 aliphatic rings. The Labute approximate surface area is 115 Å². The number of rotatable bonds is 3. The highest BCUT2D eigenvalue weighted by molar-refractivity contribution is 8.00. The summed E-state index contributed by atoms with van der Waals surface area (Å²) >= 11 is 2.10. The lowest BCUT2D eigenvalue weighted by molar-refractivity contribution is 0.172. The van der Waals surface area contributed by atoms with Gasteiger partial charge in [0.15, 0.2) is 0 Å².